The van der Waals surface area contributed by atoms with Gasteiger partial charge >= 0.3 is 0 Å². The number of hydrogen-bond donors (Lipinski definition) is 1. The molecule has 1 amide bonds. The van der Waals surface area contributed by atoms with E-state index in [1.54, 1.807) is 19.4 Å². The fourth-order valence-electron chi connectivity index (χ4n) is 3.87. The minimum absolute atomic E-state index is 0.152. The molecule has 0 unspecified atom stereocenters. The number of aryl methyl sites for hydroxylation is 1. The first kappa shape index (κ1) is 23.2. The molecule has 5 nitrogen and oxygen atoms in total. The molecule has 1 heterocycles. The van der Waals surface area contributed by atoms with Gasteiger partial charge in [-0.1, -0.05) is 42.0 Å². The average Bonchev–Trinajstić information content (AvgIpc) is 3.26. The lowest BCUT2D eigenvalue weighted by atomic mass is 9.99. The molecule has 0 fully saturated rings. The van der Waals surface area contributed by atoms with Crippen molar-refractivity contribution in [3.63, 3.8) is 0 Å². The molecule has 4 aromatic rings. The van der Waals surface area contributed by atoms with Crippen LogP contribution in [0.3, 0.4) is 0 Å². The minimum Gasteiger partial charge on any atom is -0.497 e. The predicted molar refractivity (Wildman–Crippen MR) is 136 cm³/mol. The van der Waals surface area contributed by atoms with Crippen LogP contribution < -0.4 is 14.8 Å². The van der Waals surface area contributed by atoms with E-state index in [-0.39, 0.29) is 5.91 Å². The molecular weight excluding hydrogens is 426 g/mol. The van der Waals surface area contributed by atoms with Crippen molar-refractivity contribution in [1.29, 1.82) is 0 Å². The Kier molecular flexibility index (Phi) is 7.02. The Morgan fingerprint density at radius 2 is 1.88 bits per heavy atom. The van der Waals surface area contributed by atoms with Gasteiger partial charge in [0.05, 0.1) is 20.0 Å². The van der Waals surface area contributed by atoms with E-state index in [4.69, 9.17) is 13.9 Å². The second kappa shape index (κ2) is 10.3. The average molecular weight is 456 g/mol. The minimum atomic E-state index is -0.152. The van der Waals surface area contributed by atoms with Crippen molar-refractivity contribution in [1.82, 2.24) is 5.32 Å². The summed E-state index contributed by atoms with van der Waals surface area (Å²) in [5, 5.41) is 3.91. The molecule has 0 aliphatic carbocycles. The van der Waals surface area contributed by atoms with Crippen molar-refractivity contribution in [3.8, 4) is 22.6 Å². The van der Waals surface area contributed by atoms with Crippen LogP contribution in [0.2, 0.25) is 0 Å². The number of nitrogens with one attached hydrogen (secondary N) is 1. The highest BCUT2D eigenvalue weighted by Gasteiger charge is 2.15. The lowest BCUT2D eigenvalue weighted by molar-refractivity contribution is -0.116. The summed E-state index contributed by atoms with van der Waals surface area (Å²) in [6, 6.07) is 19.9. The lowest BCUT2D eigenvalue weighted by Gasteiger charge is -2.12. The van der Waals surface area contributed by atoms with E-state index in [0.717, 1.165) is 44.5 Å². The summed E-state index contributed by atoms with van der Waals surface area (Å²) in [6.07, 6.45) is 3.36. The Hall–Kier alpha value is -3.99. The molecule has 0 spiro atoms. The zero-order valence-electron chi connectivity index (χ0n) is 20.0. The van der Waals surface area contributed by atoms with Crippen LogP contribution in [0.4, 0.5) is 0 Å². The molecule has 1 aromatic heterocycles. The summed E-state index contributed by atoms with van der Waals surface area (Å²) < 4.78 is 17.1. The maximum atomic E-state index is 12.6. The molecule has 0 aliphatic heterocycles. The second-order valence-electron chi connectivity index (χ2n) is 8.19. The number of hydrogen-bond acceptors (Lipinski definition) is 4. The number of ether oxygens (including phenoxy) is 2. The molecule has 0 saturated heterocycles. The van der Waals surface area contributed by atoms with Crippen molar-refractivity contribution in [3.05, 3.63) is 89.7 Å². The quantitative estimate of drug-likeness (QED) is 0.307. The van der Waals surface area contributed by atoms with E-state index in [1.165, 1.54) is 5.56 Å². The van der Waals surface area contributed by atoms with Crippen molar-refractivity contribution in [2.24, 2.45) is 0 Å². The molecule has 3 aromatic carbocycles. The molecular formula is C29H29NO4. The van der Waals surface area contributed by atoms with Gasteiger partial charge in [0, 0.05) is 35.2 Å². The summed E-state index contributed by atoms with van der Waals surface area (Å²) >= 11 is 0. The zero-order chi connectivity index (χ0) is 24.1. The Morgan fingerprint density at radius 3 is 2.62 bits per heavy atom. The summed E-state index contributed by atoms with van der Waals surface area (Å²) in [5.74, 6) is 1.31. The maximum Gasteiger partial charge on any atom is 0.244 e. The Bertz CT molecular complexity index is 1330. The largest absolute Gasteiger partial charge is 0.497 e. The topological polar surface area (TPSA) is 60.7 Å². The number of carbonyl (C=O) groups is 1. The molecule has 0 saturated carbocycles. The fraction of sp³-hybridized carbons (Fsp3) is 0.207. The third-order valence-electron chi connectivity index (χ3n) is 5.72. The number of methoxy groups -OCH3 is 1. The van der Waals surface area contributed by atoms with Crippen LogP contribution in [0.15, 0.2) is 77.4 Å². The molecule has 0 bridgehead atoms. The number of rotatable bonds is 8. The van der Waals surface area contributed by atoms with Crippen LogP contribution in [0.1, 0.15) is 30.5 Å². The molecule has 34 heavy (non-hydrogen) atoms. The van der Waals surface area contributed by atoms with Crippen LogP contribution in [-0.2, 0) is 11.3 Å². The van der Waals surface area contributed by atoms with Crippen molar-refractivity contribution in [2.75, 3.05) is 13.7 Å². The lowest BCUT2D eigenvalue weighted by Crippen LogP contribution is -2.20. The standard InChI is InChI=1S/C29H29NO4/c1-5-33-27-16-28-25(26(18-34-28)22-7-6-8-23(14-22)32-4)15-24(27)20(3)13-29(31)30-17-21-11-9-19(2)10-12-21/h6-16,18H,5,17H2,1-4H3,(H,30,31)/b20-13+. The first-order valence-electron chi connectivity index (χ1n) is 11.3. The van der Waals surface area contributed by atoms with Crippen LogP contribution in [0.5, 0.6) is 11.5 Å². The summed E-state index contributed by atoms with van der Waals surface area (Å²) in [7, 11) is 1.65. The first-order valence-corrected chi connectivity index (χ1v) is 11.3. The predicted octanol–water partition coefficient (Wildman–Crippen LogP) is 6.54. The molecule has 174 valence electrons. The van der Waals surface area contributed by atoms with Gasteiger partial charge in [0.15, 0.2) is 0 Å². The highest BCUT2D eigenvalue weighted by Crippen LogP contribution is 2.38. The Balaban J connectivity index is 1.65. The van der Waals surface area contributed by atoms with Crippen molar-refractivity contribution in [2.45, 2.75) is 27.3 Å². The van der Waals surface area contributed by atoms with Gasteiger partial charge in [-0.25, -0.2) is 0 Å². The fourth-order valence-corrected chi connectivity index (χ4v) is 3.87. The van der Waals surface area contributed by atoms with Crippen LogP contribution >= 0.6 is 0 Å². The number of allylic oxidation sites excluding steroid dienone is 1. The number of benzene rings is 3. The van der Waals surface area contributed by atoms with Gasteiger partial charge in [0.25, 0.3) is 0 Å². The van der Waals surface area contributed by atoms with Crippen LogP contribution in [0, 0.1) is 6.92 Å². The Morgan fingerprint density at radius 1 is 1.09 bits per heavy atom. The molecule has 4 rings (SSSR count). The normalized spacial score (nSPS) is 11.5. The third kappa shape index (κ3) is 5.15. The maximum absolute atomic E-state index is 12.6. The summed E-state index contributed by atoms with van der Waals surface area (Å²) in [4.78, 5) is 12.6. The highest BCUT2D eigenvalue weighted by molar-refractivity contribution is 6.00. The van der Waals surface area contributed by atoms with E-state index >= 15 is 0 Å². The van der Waals surface area contributed by atoms with Gasteiger partial charge in [0.1, 0.15) is 17.1 Å². The van der Waals surface area contributed by atoms with Gasteiger partial charge in [0.2, 0.25) is 5.91 Å². The Labute approximate surface area is 200 Å². The summed E-state index contributed by atoms with van der Waals surface area (Å²) in [6.45, 7) is 6.88. The van der Waals surface area contributed by atoms with Gasteiger partial charge < -0.3 is 19.2 Å². The van der Waals surface area contributed by atoms with Crippen molar-refractivity contribution >= 4 is 22.4 Å². The van der Waals surface area contributed by atoms with E-state index in [2.05, 4.69) is 5.32 Å². The van der Waals surface area contributed by atoms with E-state index in [0.29, 0.717) is 18.9 Å². The third-order valence-corrected chi connectivity index (χ3v) is 5.72. The smallest absolute Gasteiger partial charge is 0.244 e. The van der Waals surface area contributed by atoms with Crippen LogP contribution in [-0.4, -0.2) is 19.6 Å². The first-order chi connectivity index (χ1) is 16.5. The zero-order valence-corrected chi connectivity index (χ0v) is 20.0. The van der Waals surface area contributed by atoms with Gasteiger partial charge in [-0.05, 0) is 55.7 Å². The highest BCUT2D eigenvalue weighted by atomic mass is 16.5. The van der Waals surface area contributed by atoms with E-state index in [9.17, 15) is 4.79 Å². The van der Waals surface area contributed by atoms with Gasteiger partial charge in [-0.2, -0.15) is 0 Å². The van der Waals surface area contributed by atoms with Crippen LogP contribution in [0.25, 0.3) is 27.7 Å². The monoisotopic (exact) mass is 455 g/mol. The number of fused-ring (bicyclic) bond motifs is 1. The molecule has 0 atom stereocenters. The SMILES string of the molecule is CCOc1cc2occ(-c3cccc(OC)c3)c2cc1/C(C)=C/C(=O)NCc1ccc(C)cc1. The number of carbonyl (C=O) groups excluding carboxylic acids is 1. The van der Waals surface area contributed by atoms with E-state index in [1.807, 2.05) is 81.4 Å². The summed E-state index contributed by atoms with van der Waals surface area (Å²) in [5.41, 5.74) is 6.58. The van der Waals surface area contributed by atoms with Crippen molar-refractivity contribution < 1.29 is 18.7 Å². The molecule has 0 aliphatic rings. The molecule has 5 heteroatoms. The second-order valence-corrected chi connectivity index (χ2v) is 8.19. The number of amides is 1. The molecule has 0 radical (unpaired) electrons. The van der Waals surface area contributed by atoms with Gasteiger partial charge in [-0.3, -0.25) is 4.79 Å². The molecule has 1 N–H and O–H groups in total. The van der Waals surface area contributed by atoms with Gasteiger partial charge in [-0.15, -0.1) is 0 Å². The number of furan rings is 1. The van der Waals surface area contributed by atoms with E-state index < -0.39 is 0 Å².